The van der Waals surface area contributed by atoms with Crippen molar-refractivity contribution in [3.8, 4) is 0 Å². The Morgan fingerprint density at radius 2 is 1.59 bits per heavy atom. The molecule has 2 fully saturated rings. The summed E-state index contributed by atoms with van der Waals surface area (Å²) in [5, 5.41) is 2.96. The van der Waals surface area contributed by atoms with Crippen LogP contribution >= 0.6 is 0 Å². The third-order valence-corrected chi connectivity index (χ3v) is 5.68. The van der Waals surface area contributed by atoms with Crippen LogP contribution in [0.2, 0.25) is 0 Å². The van der Waals surface area contributed by atoms with Crippen molar-refractivity contribution in [1.82, 2.24) is 14.7 Å². The third kappa shape index (κ3) is 5.53. The number of carbonyl (C=O) groups excluding carboxylic acids is 2. The van der Waals surface area contributed by atoms with E-state index in [-0.39, 0.29) is 17.9 Å². The van der Waals surface area contributed by atoms with Gasteiger partial charge in [-0.2, -0.15) is 0 Å². The van der Waals surface area contributed by atoms with Crippen LogP contribution < -0.4 is 5.32 Å². The van der Waals surface area contributed by atoms with Gasteiger partial charge in [0.25, 0.3) is 0 Å². The van der Waals surface area contributed by atoms with E-state index in [1.807, 2.05) is 43.0 Å². The maximum Gasteiger partial charge on any atom is 0.239 e. The Morgan fingerprint density at radius 1 is 0.963 bits per heavy atom. The molecule has 6 nitrogen and oxygen atoms in total. The molecule has 27 heavy (non-hydrogen) atoms. The number of anilines is 1. The monoisotopic (exact) mass is 372 g/mol. The molecule has 0 aromatic heterocycles. The number of nitrogens with zero attached hydrogens (tertiary/aromatic N) is 3. The first-order valence-corrected chi connectivity index (χ1v) is 10.1. The van der Waals surface area contributed by atoms with Gasteiger partial charge in [-0.15, -0.1) is 0 Å². The maximum absolute atomic E-state index is 12.7. The fourth-order valence-electron chi connectivity index (χ4n) is 3.88. The molecular formula is C21H32N4O2. The van der Waals surface area contributed by atoms with E-state index in [0.29, 0.717) is 6.54 Å². The van der Waals surface area contributed by atoms with Gasteiger partial charge in [0.2, 0.25) is 11.8 Å². The number of rotatable bonds is 5. The molecule has 0 saturated carbocycles. The Hall–Kier alpha value is -1.92. The second-order valence-electron chi connectivity index (χ2n) is 7.79. The molecule has 148 valence electrons. The smallest absolute Gasteiger partial charge is 0.239 e. The van der Waals surface area contributed by atoms with Gasteiger partial charge in [0, 0.05) is 45.0 Å². The molecule has 0 spiro atoms. The lowest BCUT2D eigenvalue weighted by molar-refractivity contribution is -0.138. The van der Waals surface area contributed by atoms with E-state index in [1.54, 1.807) is 0 Å². The van der Waals surface area contributed by atoms with Crippen LogP contribution in [0.5, 0.6) is 0 Å². The number of hydrogen-bond acceptors (Lipinski definition) is 4. The number of carbonyl (C=O) groups is 2. The predicted octanol–water partition coefficient (Wildman–Crippen LogP) is 1.95. The predicted molar refractivity (Wildman–Crippen MR) is 108 cm³/mol. The van der Waals surface area contributed by atoms with E-state index in [9.17, 15) is 9.59 Å². The summed E-state index contributed by atoms with van der Waals surface area (Å²) in [4.78, 5) is 31.4. The van der Waals surface area contributed by atoms with Gasteiger partial charge in [-0.1, -0.05) is 17.7 Å². The summed E-state index contributed by atoms with van der Waals surface area (Å²) in [7, 11) is 0. The first-order chi connectivity index (χ1) is 13.0. The van der Waals surface area contributed by atoms with Gasteiger partial charge in [0.1, 0.15) is 0 Å². The second kappa shape index (κ2) is 9.33. The fraction of sp³-hybridized carbons (Fsp3) is 0.619. The molecule has 3 rings (SSSR count). The van der Waals surface area contributed by atoms with Crippen molar-refractivity contribution < 1.29 is 9.59 Å². The number of likely N-dealkylation sites (tertiary alicyclic amines) is 1. The first-order valence-electron chi connectivity index (χ1n) is 10.1. The van der Waals surface area contributed by atoms with E-state index in [0.717, 1.165) is 57.8 Å². The molecule has 0 radical (unpaired) electrons. The number of piperazine rings is 1. The fourth-order valence-corrected chi connectivity index (χ4v) is 3.88. The summed E-state index contributed by atoms with van der Waals surface area (Å²) in [6.07, 6.45) is 3.49. The van der Waals surface area contributed by atoms with Gasteiger partial charge in [0.05, 0.1) is 12.6 Å². The number of hydrogen-bond donors (Lipinski definition) is 1. The second-order valence-corrected chi connectivity index (χ2v) is 7.79. The van der Waals surface area contributed by atoms with Crippen LogP contribution in [0, 0.1) is 6.92 Å². The van der Waals surface area contributed by atoms with Crippen LogP contribution in [-0.4, -0.2) is 78.4 Å². The van der Waals surface area contributed by atoms with Crippen LogP contribution in [0.3, 0.4) is 0 Å². The van der Waals surface area contributed by atoms with Crippen LogP contribution in [0.25, 0.3) is 0 Å². The Balaban J connectivity index is 1.42. The SMILES string of the molecule is Cc1ccc(NC(=O)CN2CCN([C@@H](C)C(=O)N3CCCCC3)CC2)cc1. The maximum atomic E-state index is 12.7. The van der Waals surface area contributed by atoms with E-state index in [4.69, 9.17) is 0 Å². The zero-order chi connectivity index (χ0) is 19.2. The molecule has 1 aromatic carbocycles. The highest BCUT2D eigenvalue weighted by atomic mass is 16.2. The lowest BCUT2D eigenvalue weighted by atomic mass is 10.1. The summed E-state index contributed by atoms with van der Waals surface area (Å²) >= 11 is 0. The summed E-state index contributed by atoms with van der Waals surface area (Å²) in [5.41, 5.74) is 2.02. The third-order valence-electron chi connectivity index (χ3n) is 5.68. The van der Waals surface area contributed by atoms with Crippen molar-refractivity contribution in [2.24, 2.45) is 0 Å². The lowest BCUT2D eigenvalue weighted by Gasteiger charge is -2.39. The van der Waals surface area contributed by atoms with Gasteiger partial charge >= 0.3 is 0 Å². The van der Waals surface area contributed by atoms with E-state index in [2.05, 4.69) is 15.1 Å². The molecule has 2 heterocycles. The molecule has 1 atom stereocenters. The van der Waals surface area contributed by atoms with Crippen LogP contribution in [0.1, 0.15) is 31.7 Å². The number of piperidine rings is 1. The van der Waals surface area contributed by atoms with Crippen LogP contribution in [0.15, 0.2) is 24.3 Å². The van der Waals surface area contributed by atoms with Crippen LogP contribution in [0.4, 0.5) is 5.69 Å². The zero-order valence-corrected chi connectivity index (χ0v) is 16.6. The Morgan fingerprint density at radius 3 is 2.22 bits per heavy atom. The standard InChI is InChI=1S/C21H32N4O2/c1-17-6-8-19(9-7-17)22-20(26)16-23-12-14-24(15-13-23)18(2)21(27)25-10-4-3-5-11-25/h6-9,18H,3-5,10-16H2,1-2H3,(H,22,26)/t18-/m0/s1. The highest BCUT2D eigenvalue weighted by molar-refractivity contribution is 5.92. The van der Waals surface area contributed by atoms with E-state index >= 15 is 0 Å². The summed E-state index contributed by atoms with van der Waals surface area (Å²) in [6.45, 7) is 9.56. The normalized spacial score (nSPS) is 20.3. The van der Waals surface area contributed by atoms with Crippen molar-refractivity contribution in [1.29, 1.82) is 0 Å². The molecule has 1 N–H and O–H groups in total. The van der Waals surface area contributed by atoms with Gasteiger partial charge in [-0.05, 0) is 45.2 Å². The Bertz CT molecular complexity index is 632. The average molecular weight is 373 g/mol. The van der Waals surface area contributed by atoms with E-state index < -0.39 is 0 Å². The summed E-state index contributed by atoms with van der Waals surface area (Å²) < 4.78 is 0. The topological polar surface area (TPSA) is 55.9 Å². The Labute approximate surface area is 162 Å². The molecule has 2 amide bonds. The van der Waals surface area contributed by atoms with Crippen LogP contribution in [-0.2, 0) is 9.59 Å². The number of aryl methyl sites for hydroxylation is 1. The first kappa shape index (κ1) is 19.8. The van der Waals surface area contributed by atoms with Crippen molar-refractivity contribution >= 4 is 17.5 Å². The van der Waals surface area contributed by atoms with E-state index in [1.165, 1.54) is 12.0 Å². The number of benzene rings is 1. The minimum absolute atomic E-state index is 0.0183. The molecular weight excluding hydrogens is 340 g/mol. The van der Waals surface area contributed by atoms with Crippen molar-refractivity contribution in [2.45, 2.75) is 39.2 Å². The molecule has 0 bridgehead atoms. The van der Waals surface area contributed by atoms with Crippen molar-refractivity contribution in [3.05, 3.63) is 29.8 Å². The minimum atomic E-state index is -0.0633. The molecule has 2 saturated heterocycles. The molecule has 1 aromatic rings. The average Bonchev–Trinajstić information content (AvgIpc) is 2.70. The number of nitrogens with one attached hydrogen (secondary N) is 1. The summed E-state index contributed by atoms with van der Waals surface area (Å²) in [5.74, 6) is 0.282. The summed E-state index contributed by atoms with van der Waals surface area (Å²) in [6, 6.07) is 7.79. The van der Waals surface area contributed by atoms with Gasteiger partial charge in [-0.3, -0.25) is 19.4 Å². The molecule has 0 unspecified atom stereocenters. The van der Waals surface area contributed by atoms with Crippen molar-refractivity contribution in [2.75, 3.05) is 51.1 Å². The molecule has 2 aliphatic rings. The quantitative estimate of drug-likeness (QED) is 0.858. The Kier molecular flexibility index (Phi) is 6.85. The zero-order valence-electron chi connectivity index (χ0n) is 16.6. The molecule has 6 heteroatoms. The largest absolute Gasteiger partial charge is 0.341 e. The van der Waals surface area contributed by atoms with Gasteiger partial charge < -0.3 is 10.2 Å². The minimum Gasteiger partial charge on any atom is -0.341 e. The molecule has 0 aliphatic carbocycles. The van der Waals surface area contributed by atoms with Gasteiger partial charge in [-0.25, -0.2) is 0 Å². The van der Waals surface area contributed by atoms with Gasteiger partial charge in [0.15, 0.2) is 0 Å². The highest BCUT2D eigenvalue weighted by Gasteiger charge is 2.29. The number of amides is 2. The van der Waals surface area contributed by atoms with Crippen molar-refractivity contribution in [3.63, 3.8) is 0 Å². The molecule has 2 aliphatic heterocycles. The lowest BCUT2D eigenvalue weighted by Crippen LogP contribution is -2.55. The highest BCUT2D eigenvalue weighted by Crippen LogP contribution is 2.14.